The van der Waals surface area contributed by atoms with E-state index in [-0.39, 0.29) is 5.25 Å². The molecule has 3 N–H and O–H groups in total. The van der Waals surface area contributed by atoms with Crippen LogP contribution in [0.2, 0.25) is 0 Å². The number of nitrogens with two attached hydrogens (primary N) is 1. The molecule has 86 valence electrons. The van der Waals surface area contributed by atoms with Gasteiger partial charge >= 0.3 is 6.03 Å². The first-order valence-electron chi connectivity index (χ1n) is 4.52. The normalized spacial score (nSPS) is 11.9. The predicted octanol–water partition coefficient (Wildman–Crippen LogP) is 2.12. The second kappa shape index (κ2) is 5.91. The molecule has 0 radical (unpaired) electrons. The lowest BCUT2D eigenvalue weighted by Gasteiger charge is -2.10. The van der Waals surface area contributed by atoms with Crippen LogP contribution in [0, 0.1) is 0 Å². The van der Waals surface area contributed by atoms with Crippen LogP contribution in [0.15, 0.2) is 33.6 Å². The maximum absolute atomic E-state index is 11.4. The fraction of sp³-hybridized carbons (Fsp3) is 0.200. The Labute approximate surface area is 106 Å². The highest BCUT2D eigenvalue weighted by Gasteiger charge is 2.16. The van der Waals surface area contributed by atoms with Crippen molar-refractivity contribution >= 4 is 39.6 Å². The summed E-state index contributed by atoms with van der Waals surface area (Å²) in [4.78, 5) is 22.9. The molecule has 6 heteroatoms. The summed E-state index contributed by atoms with van der Waals surface area (Å²) in [7, 11) is 0. The van der Waals surface area contributed by atoms with E-state index >= 15 is 0 Å². The number of benzene rings is 1. The first-order chi connectivity index (χ1) is 7.50. The van der Waals surface area contributed by atoms with Gasteiger partial charge in [0, 0.05) is 9.37 Å². The van der Waals surface area contributed by atoms with E-state index in [0.717, 1.165) is 9.37 Å². The van der Waals surface area contributed by atoms with Crippen molar-refractivity contribution in [1.29, 1.82) is 0 Å². The molecule has 0 aliphatic rings. The van der Waals surface area contributed by atoms with Gasteiger partial charge in [0.1, 0.15) is 0 Å². The van der Waals surface area contributed by atoms with Crippen LogP contribution in [0.25, 0.3) is 0 Å². The quantitative estimate of drug-likeness (QED) is 0.840. The minimum absolute atomic E-state index is 0.383. The predicted molar refractivity (Wildman–Crippen MR) is 67.2 cm³/mol. The Morgan fingerprint density at radius 3 is 2.62 bits per heavy atom. The van der Waals surface area contributed by atoms with Crippen LogP contribution in [0.4, 0.5) is 4.79 Å². The van der Waals surface area contributed by atoms with Gasteiger partial charge in [0.15, 0.2) is 0 Å². The number of halogens is 1. The number of rotatable bonds is 3. The summed E-state index contributed by atoms with van der Waals surface area (Å²) in [5, 5.41) is 1.66. The number of hydrogen-bond acceptors (Lipinski definition) is 3. The number of imide groups is 1. The van der Waals surface area contributed by atoms with E-state index < -0.39 is 11.9 Å². The molecule has 0 spiro atoms. The van der Waals surface area contributed by atoms with Crippen LogP contribution in [0.1, 0.15) is 6.92 Å². The largest absolute Gasteiger partial charge is 0.351 e. The van der Waals surface area contributed by atoms with E-state index in [1.807, 2.05) is 29.6 Å². The van der Waals surface area contributed by atoms with Crippen molar-refractivity contribution in [2.45, 2.75) is 17.1 Å². The molecule has 1 aromatic carbocycles. The summed E-state index contributed by atoms with van der Waals surface area (Å²) in [5.41, 5.74) is 4.87. The van der Waals surface area contributed by atoms with Crippen LogP contribution < -0.4 is 11.1 Å². The third kappa shape index (κ3) is 3.86. The number of thioether (sulfide) groups is 1. The molecule has 1 unspecified atom stereocenters. The Hall–Kier alpha value is -1.01. The van der Waals surface area contributed by atoms with Crippen LogP contribution >= 0.6 is 27.7 Å². The Kier molecular flexibility index (Phi) is 4.82. The maximum Gasteiger partial charge on any atom is 0.318 e. The van der Waals surface area contributed by atoms with Gasteiger partial charge in [-0.1, -0.05) is 12.1 Å². The van der Waals surface area contributed by atoms with Crippen molar-refractivity contribution in [2.24, 2.45) is 5.73 Å². The molecule has 4 nitrogen and oxygen atoms in total. The van der Waals surface area contributed by atoms with E-state index in [0.29, 0.717) is 0 Å². The van der Waals surface area contributed by atoms with E-state index in [9.17, 15) is 9.59 Å². The summed E-state index contributed by atoms with van der Waals surface area (Å²) in [6.07, 6.45) is 0. The minimum atomic E-state index is -0.829. The molecule has 0 saturated heterocycles. The molecule has 16 heavy (non-hydrogen) atoms. The summed E-state index contributed by atoms with van der Waals surface area (Å²) in [5.74, 6) is -0.395. The zero-order valence-corrected chi connectivity index (χ0v) is 11.0. The van der Waals surface area contributed by atoms with E-state index in [2.05, 4.69) is 15.9 Å². The first kappa shape index (κ1) is 13.1. The van der Waals surface area contributed by atoms with Gasteiger partial charge in [-0.05, 0) is 35.0 Å². The van der Waals surface area contributed by atoms with Crippen LogP contribution in [-0.4, -0.2) is 17.2 Å². The number of carbonyl (C=O) groups is 2. The van der Waals surface area contributed by atoms with Crippen molar-refractivity contribution in [3.05, 3.63) is 28.7 Å². The number of hydrogen-bond donors (Lipinski definition) is 2. The molecule has 0 fully saturated rings. The number of urea groups is 1. The monoisotopic (exact) mass is 302 g/mol. The molecular weight excluding hydrogens is 292 g/mol. The van der Waals surface area contributed by atoms with Gasteiger partial charge in [-0.3, -0.25) is 10.1 Å². The summed E-state index contributed by atoms with van der Waals surface area (Å²) >= 11 is 4.73. The average Bonchev–Trinajstić information content (AvgIpc) is 2.20. The molecule has 1 atom stereocenters. The van der Waals surface area contributed by atoms with Gasteiger partial charge in [-0.15, -0.1) is 11.8 Å². The minimum Gasteiger partial charge on any atom is -0.351 e. The van der Waals surface area contributed by atoms with Gasteiger partial charge < -0.3 is 5.73 Å². The van der Waals surface area contributed by atoms with E-state index in [4.69, 9.17) is 5.73 Å². The standard InChI is InChI=1S/C10H11BrN2O2S/c1-6(9(14)13-10(12)15)16-8-5-3-2-4-7(8)11/h2-6H,1H3,(H3,12,13,14,15). The fourth-order valence-corrected chi connectivity index (χ4v) is 2.46. The second-order valence-corrected chi connectivity index (χ2v) is 5.28. The van der Waals surface area contributed by atoms with E-state index in [1.165, 1.54) is 11.8 Å². The molecule has 0 saturated carbocycles. The number of nitrogens with one attached hydrogen (secondary N) is 1. The third-order valence-corrected chi connectivity index (χ3v) is 3.89. The number of primary amides is 1. The highest BCUT2D eigenvalue weighted by molar-refractivity contribution is 9.10. The maximum atomic E-state index is 11.4. The molecule has 0 heterocycles. The van der Waals surface area contributed by atoms with Gasteiger partial charge in [-0.2, -0.15) is 0 Å². The van der Waals surface area contributed by atoms with Crippen LogP contribution in [-0.2, 0) is 4.79 Å². The van der Waals surface area contributed by atoms with Crippen molar-refractivity contribution in [2.75, 3.05) is 0 Å². The number of carbonyl (C=O) groups excluding carboxylic acids is 2. The molecule has 1 aromatic rings. The highest BCUT2D eigenvalue weighted by atomic mass is 79.9. The first-order valence-corrected chi connectivity index (χ1v) is 6.19. The Morgan fingerprint density at radius 2 is 2.06 bits per heavy atom. The SMILES string of the molecule is CC(Sc1ccccc1Br)C(=O)NC(N)=O. The average molecular weight is 303 g/mol. The van der Waals surface area contributed by atoms with Gasteiger partial charge in [-0.25, -0.2) is 4.79 Å². The summed E-state index contributed by atoms with van der Waals surface area (Å²) in [6.45, 7) is 1.71. The summed E-state index contributed by atoms with van der Waals surface area (Å²) < 4.78 is 0.915. The van der Waals surface area contributed by atoms with Crippen molar-refractivity contribution < 1.29 is 9.59 Å². The lowest BCUT2D eigenvalue weighted by atomic mass is 10.4. The lowest BCUT2D eigenvalue weighted by molar-refractivity contribution is -0.119. The zero-order valence-electron chi connectivity index (χ0n) is 8.57. The van der Waals surface area contributed by atoms with Crippen molar-refractivity contribution in [3.63, 3.8) is 0 Å². The topological polar surface area (TPSA) is 72.2 Å². The third-order valence-electron chi connectivity index (χ3n) is 1.76. The Balaban J connectivity index is 2.64. The molecular formula is C10H11BrN2O2S. The van der Waals surface area contributed by atoms with Crippen LogP contribution in [0.3, 0.4) is 0 Å². The van der Waals surface area contributed by atoms with Gasteiger partial charge in [0.2, 0.25) is 5.91 Å². The fourth-order valence-electron chi connectivity index (χ4n) is 1.01. The smallest absolute Gasteiger partial charge is 0.318 e. The van der Waals surface area contributed by atoms with Crippen molar-refractivity contribution in [3.8, 4) is 0 Å². The van der Waals surface area contributed by atoms with E-state index in [1.54, 1.807) is 6.92 Å². The molecule has 0 aromatic heterocycles. The Bertz CT molecular complexity index is 412. The van der Waals surface area contributed by atoms with Gasteiger partial charge in [0.05, 0.1) is 5.25 Å². The van der Waals surface area contributed by atoms with Crippen LogP contribution in [0.5, 0.6) is 0 Å². The highest BCUT2D eigenvalue weighted by Crippen LogP contribution is 2.30. The molecule has 1 rings (SSSR count). The molecule has 0 aliphatic carbocycles. The molecule has 0 aliphatic heterocycles. The zero-order chi connectivity index (χ0) is 12.1. The second-order valence-electron chi connectivity index (χ2n) is 3.04. The molecule has 3 amide bonds. The summed E-state index contributed by atoms with van der Waals surface area (Å²) in [6, 6.07) is 6.72. The Morgan fingerprint density at radius 1 is 1.44 bits per heavy atom. The lowest BCUT2D eigenvalue weighted by Crippen LogP contribution is -2.39. The number of amides is 3. The van der Waals surface area contributed by atoms with Gasteiger partial charge in [0.25, 0.3) is 0 Å². The molecule has 0 bridgehead atoms. The van der Waals surface area contributed by atoms with Crippen molar-refractivity contribution in [1.82, 2.24) is 5.32 Å².